The van der Waals surface area contributed by atoms with Gasteiger partial charge in [-0.25, -0.2) is 9.78 Å². The third-order valence-corrected chi connectivity index (χ3v) is 3.78. The summed E-state index contributed by atoms with van der Waals surface area (Å²) in [6.45, 7) is 22.1. The first kappa shape index (κ1) is 20.8. The summed E-state index contributed by atoms with van der Waals surface area (Å²) in [6, 6.07) is 0. The SMILES string of the molecule is CCC(C)(C)C(C)C(C)(OOC(C)(C)C)OOC(C)(C)C. The molecule has 0 saturated carbocycles. The monoisotopic (exact) mass is 304 g/mol. The Morgan fingerprint density at radius 3 is 1.24 bits per heavy atom. The van der Waals surface area contributed by atoms with Gasteiger partial charge in [0.05, 0.1) is 11.2 Å². The molecule has 0 spiro atoms. The molecule has 0 aliphatic heterocycles. The van der Waals surface area contributed by atoms with Crippen LogP contribution in [0.15, 0.2) is 0 Å². The maximum atomic E-state index is 5.69. The van der Waals surface area contributed by atoms with Crippen LogP contribution in [0, 0.1) is 11.3 Å². The molecule has 0 fully saturated rings. The van der Waals surface area contributed by atoms with E-state index in [-0.39, 0.29) is 11.3 Å². The van der Waals surface area contributed by atoms with Gasteiger partial charge in [-0.3, -0.25) is 0 Å². The van der Waals surface area contributed by atoms with Gasteiger partial charge in [-0.2, -0.15) is 9.78 Å². The topological polar surface area (TPSA) is 36.9 Å². The molecule has 0 aromatic heterocycles. The first-order valence-electron chi connectivity index (χ1n) is 7.87. The highest BCUT2D eigenvalue weighted by molar-refractivity contribution is 4.83. The second-order valence-corrected chi connectivity index (χ2v) is 8.64. The van der Waals surface area contributed by atoms with E-state index in [0.29, 0.717) is 0 Å². The third-order valence-electron chi connectivity index (χ3n) is 3.78. The molecule has 0 radical (unpaired) electrons. The van der Waals surface area contributed by atoms with E-state index in [2.05, 4.69) is 27.7 Å². The fourth-order valence-corrected chi connectivity index (χ4v) is 1.59. The lowest BCUT2D eigenvalue weighted by atomic mass is 9.74. The average molecular weight is 304 g/mol. The standard InChI is InChI=1S/C17H36O4/c1-12-16(9,10)13(2)17(11,20-18-14(3,4)5)21-19-15(6,7)8/h13H,12H2,1-11H3. The maximum absolute atomic E-state index is 5.69. The predicted molar refractivity (Wildman–Crippen MR) is 85.5 cm³/mol. The Kier molecular flexibility index (Phi) is 6.89. The number of hydrogen-bond acceptors (Lipinski definition) is 4. The summed E-state index contributed by atoms with van der Waals surface area (Å²) in [7, 11) is 0. The lowest BCUT2D eigenvalue weighted by Crippen LogP contribution is -2.48. The van der Waals surface area contributed by atoms with Gasteiger partial charge in [0.1, 0.15) is 0 Å². The molecule has 4 nitrogen and oxygen atoms in total. The van der Waals surface area contributed by atoms with Gasteiger partial charge in [0.15, 0.2) is 0 Å². The van der Waals surface area contributed by atoms with Gasteiger partial charge in [0.25, 0.3) is 0 Å². The van der Waals surface area contributed by atoms with Gasteiger partial charge in [0.2, 0.25) is 5.79 Å². The van der Waals surface area contributed by atoms with Crippen molar-refractivity contribution >= 4 is 0 Å². The summed E-state index contributed by atoms with van der Waals surface area (Å²) in [4.78, 5) is 22.4. The van der Waals surface area contributed by atoms with Crippen LogP contribution >= 0.6 is 0 Å². The summed E-state index contributed by atoms with van der Waals surface area (Å²) in [5.74, 6) is -0.917. The van der Waals surface area contributed by atoms with Gasteiger partial charge >= 0.3 is 0 Å². The van der Waals surface area contributed by atoms with Gasteiger partial charge < -0.3 is 0 Å². The van der Waals surface area contributed by atoms with Crippen molar-refractivity contribution in [3.05, 3.63) is 0 Å². The van der Waals surface area contributed by atoms with Crippen molar-refractivity contribution in [3.63, 3.8) is 0 Å². The molecule has 4 heteroatoms. The Balaban J connectivity index is 5.15. The highest BCUT2D eigenvalue weighted by atomic mass is 17.3. The molecule has 0 heterocycles. The van der Waals surface area contributed by atoms with E-state index in [0.717, 1.165) is 6.42 Å². The molecule has 1 atom stereocenters. The average Bonchev–Trinajstić information content (AvgIpc) is 2.31. The molecular formula is C17H36O4. The molecule has 0 aliphatic carbocycles. The van der Waals surface area contributed by atoms with Crippen molar-refractivity contribution in [2.24, 2.45) is 11.3 Å². The quantitative estimate of drug-likeness (QED) is 0.365. The van der Waals surface area contributed by atoms with Gasteiger partial charge in [-0.1, -0.05) is 34.1 Å². The number of rotatable bonds is 7. The molecule has 0 amide bonds. The van der Waals surface area contributed by atoms with Crippen LogP contribution in [0.25, 0.3) is 0 Å². The van der Waals surface area contributed by atoms with Crippen LogP contribution in [-0.4, -0.2) is 17.0 Å². The minimum Gasteiger partial charge on any atom is -0.228 e. The van der Waals surface area contributed by atoms with Crippen molar-refractivity contribution in [1.29, 1.82) is 0 Å². The molecule has 0 rings (SSSR count). The van der Waals surface area contributed by atoms with Crippen LogP contribution in [-0.2, 0) is 19.6 Å². The second kappa shape index (κ2) is 6.95. The molecular weight excluding hydrogens is 268 g/mol. The molecule has 21 heavy (non-hydrogen) atoms. The minimum absolute atomic E-state index is 0.0250. The van der Waals surface area contributed by atoms with Crippen LogP contribution in [0.3, 0.4) is 0 Å². The normalized spacial score (nSPS) is 16.1. The summed E-state index contributed by atoms with van der Waals surface area (Å²) < 4.78 is 0. The van der Waals surface area contributed by atoms with E-state index in [4.69, 9.17) is 19.6 Å². The van der Waals surface area contributed by atoms with Crippen molar-refractivity contribution in [2.75, 3.05) is 0 Å². The van der Waals surface area contributed by atoms with E-state index in [1.165, 1.54) is 0 Å². The summed E-state index contributed by atoms with van der Waals surface area (Å²) in [5, 5.41) is 0. The van der Waals surface area contributed by atoms with E-state index >= 15 is 0 Å². The van der Waals surface area contributed by atoms with Crippen molar-refractivity contribution in [3.8, 4) is 0 Å². The van der Waals surface area contributed by atoms with E-state index < -0.39 is 17.0 Å². The molecule has 0 aliphatic rings. The van der Waals surface area contributed by atoms with E-state index in [1.54, 1.807) is 0 Å². The van der Waals surface area contributed by atoms with Crippen LogP contribution < -0.4 is 0 Å². The molecule has 0 aromatic carbocycles. The highest BCUT2D eigenvalue weighted by Gasteiger charge is 2.45. The highest BCUT2D eigenvalue weighted by Crippen LogP contribution is 2.41. The smallest absolute Gasteiger partial charge is 0.228 e. The molecule has 0 aromatic rings. The van der Waals surface area contributed by atoms with Gasteiger partial charge in [-0.15, -0.1) is 0 Å². The first-order chi connectivity index (χ1) is 9.13. The largest absolute Gasteiger partial charge is 0.234 e. The lowest BCUT2D eigenvalue weighted by Gasteiger charge is -2.43. The third kappa shape index (κ3) is 7.59. The fraction of sp³-hybridized carbons (Fsp3) is 1.00. The van der Waals surface area contributed by atoms with Crippen molar-refractivity contribution in [1.82, 2.24) is 0 Å². The molecule has 1 unspecified atom stereocenters. The zero-order valence-corrected chi connectivity index (χ0v) is 15.9. The van der Waals surface area contributed by atoms with Crippen LogP contribution in [0.1, 0.15) is 82.6 Å². The maximum Gasteiger partial charge on any atom is 0.234 e. The Labute approximate surface area is 131 Å². The van der Waals surface area contributed by atoms with Gasteiger partial charge in [-0.05, 0) is 53.9 Å². The predicted octanol–water partition coefficient (Wildman–Crippen LogP) is 5.27. The van der Waals surface area contributed by atoms with Crippen molar-refractivity contribution in [2.45, 2.75) is 99.6 Å². The fourth-order valence-electron chi connectivity index (χ4n) is 1.59. The first-order valence-corrected chi connectivity index (χ1v) is 7.87. The van der Waals surface area contributed by atoms with Gasteiger partial charge in [0, 0.05) is 5.92 Å². The van der Waals surface area contributed by atoms with E-state index in [9.17, 15) is 0 Å². The number of hydrogen-bond donors (Lipinski definition) is 0. The minimum atomic E-state index is -0.986. The summed E-state index contributed by atoms with van der Waals surface area (Å²) >= 11 is 0. The van der Waals surface area contributed by atoms with Crippen LogP contribution in [0.2, 0.25) is 0 Å². The summed E-state index contributed by atoms with van der Waals surface area (Å²) in [6.07, 6.45) is 1.00. The Morgan fingerprint density at radius 1 is 0.667 bits per heavy atom. The zero-order chi connectivity index (χ0) is 17.1. The molecule has 0 saturated heterocycles. The molecule has 0 N–H and O–H groups in total. The Bertz CT molecular complexity index is 292. The molecule has 0 bridgehead atoms. The van der Waals surface area contributed by atoms with E-state index in [1.807, 2.05) is 48.5 Å². The molecule has 128 valence electrons. The Hall–Kier alpha value is -0.160. The summed E-state index contributed by atoms with van der Waals surface area (Å²) in [5.41, 5.74) is -0.803. The Morgan fingerprint density at radius 2 is 1.00 bits per heavy atom. The van der Waals surface area contributed by atoms with Crippen LogP contribution in [0.5, 0.6) is 0 Å². The second-order valence-electron chi connectivity index (χ2n) is 8.64. The van der Waals surface area contributed by atoms with Crippen LogP contribution in [0.4, 0.5) is 0 Å². The van der Waals surface area contributed by atoms with Crippen molar-refractivity contribution < 1.29 is 19.6 Å². The lowest BCUT2D eigenvalue weighted by molar-refractivity contribution is -0.550. The zero-order valence-electron chi connectivity index (χ0n) is 15.9.